The van der Waals surface area contributed by atoms with Gasteiger partial charge in [-0.2, -0.15) is 0 Å². The van der Waals surface area contributed by atoms with E-state index in [9.17, 15) is 14.5 Å². The van der Waals surface area contributed by atoms with Crippen LogP contribution in [0.5, 0.6) is 5.75 Å². The van der Waals surface area contributed by atoms with Gasteiger partial charge in [0.05, 0.1) is 9.40 Å². The van der Waals surface area contributed by atoms with Gasteiger partial charge in [0.15, 0.2) is 5.75 Å². The number of hydrogen-bond donors (Lipinski definition) is 0. The van der Waals surface area contributed by atoms with Crippen LogP contribution in [0.4, 0.5) is 10.1 Å². The molecule has 98 valence electrons. The zero-order valence-electron chi connectivity index (χ0n) is 9.68. The van der Waals surface area contributed by atoms with Crippen LogP contribution in [0, 0.1) is 15.9 Å². The van der Waals surface area contributed by atoms with Gasteiger partial charge in [-0.3, -0.25) is 10.1 Å². The third-order valence-corrected chi connectivity index (χ3v) is 3.04. The van der Waals surface area contributed by atoms with Crippen molar-refractivity contribution in [3.63, 3.8) is 0 Å². The number of hydrogen-bond acceptors (Lipinski definition) is 3. The first kappa shape index (κ1) is 13.5. The molecule has 2 aromatic rings. The highest BCUT2D eigenvalue weighted by Crippen LogP contribution is 2.32. The largest absolute Gasteiger partial charge is 0.482 e. The van der Waals surface area contributed by atoms with Crippen LogP contribution in [0.1, 0.15) is 5.56 Å². The summed E-state index contributed by atoms with van der Waals surface area (Å²) >= 11 is 2.91. The summed E-state index contributed by atoms with van der Waals surface area (Å²) in [4.78, 5) is 10.3. The van der Waals surface area contributed by atoms with Crippen molar-refractivity contribution in [2.45, 2.75) is 6.61 Å². The Morgan fingerprint density at radius 1 is 1.26 bits per heavy atom. The van der Waals surface area contributed by atoms with E-state index in [2.05, 4.69) is 15.9 Å². The first-order chi connectivity index (χ1) is 9.08. The lowest BCUT2D eigenvalue weighted by Crippen LogP contribution is -2.00. The SMILES string of the molecule is O=[N+]([O-])c1cc(Br)c(F)cc1OCc1ccccc1. The van der Waals surface area contributed by atoms with Crippen LogP contribution in [-0.2, 0) is 6.61 Å². The molecule has 4 nitrogen and oxygen atoms in total. The zero-order chi connectivity index (χ0) is 13.8. The van der Waals surface area contributed by atoms with Gasteiger partial charge in [0.2, 0.25) is 0 Å². The van der Waals surface area contributed by atoms with Gasteiger partial charge in [-0.25, -0.2) is 4.39 Å². The second-order valence-corrected chi connectivity index (χ2v) is 4.62. The molecular formula is C13H9BrFNO3. The first-order valence-electron chi connectivity index (χ1n) is 5.38. The van der Waals surface area contributed by atoms with E-state index in [1.807, 2.05) is 30.3 Å². The summed E-state index contributed by atoms with van der Waals surface area (Å²) in [5, 5.41) is 10.9. The summed E-state index contributed by atoms with van der Waals surface area (Å²) in [6, 6.07) is 11.2. The molecule has 2 rings (SSSR count). The predicted octanol–water partition coefficient (Wildman–Crippen LogP) is 4.08. The van der Waals surface area contributed by atoms with Crippen LogP contribution in [0.3, 0.4) is 0 Å². The lowest BCUT2D eigenvalue weighted by Gasteiger charge is -2.07. The van der Waals surface area contributed by atoms with E-state index in [0.29, 0.717) is 0 Å². The van der Waals surface area contributed by atoms with E-state index in [-0.39, 0.29) is 22.5 Å². The van der Waals surface area contributed by atoms with Crippen LogP contribution in [0.25, 0.3) is 0 Å². The molecule has 0 heterocycles. The number of nitrogens with zero attached hydrogens (tertiary/aromatic N) is 1. The van der Waals surface area contributed by atoms with Crippen molar-refractivity contribution in [2.75, 3.05) is 0 Å². The van der Waals surface area contributed by atoms with Crippen molar-refractivity contribution in [3.05, 3.63) is 68.4 Å². The molecular weight excluding hydrogens is 317 g/mol. The van der Waals surface area contributed by atoms with E-state index < -0.39 is 10.7 Å². The molecule has 2 aromatic carbocycles. The standard InChI is InChI=1S/C13H9BrFNO3/c14-10-6-12(16(17)18)13(7-11(10)15)19-8-9-4-2-1-3-5-9/h1-7H,8H2. The first-order valence-corrected chi connectivity index (χ1v) is 6.17. The molecule has 0 fully saturated rings. The van der Waals surface area contributed by atoms with Crippen molar-refractivity contribution in [2.24, 2.45) is 0 Å². The van der Waals surface area contributed by atoms with Crippen molar-refractivity contribution in [3.8, 4) is 5.75 Å². The number of ether oxygens (including phenoxy) is 1. The highest BCUT2D eigenvalue weighted by molar-refractivity contribution is 9.10. The third-order valence-electron chi connectivity index (χ3n) is 2.44. The highest BCUT2D eigenvalue weighted by Gasteiger charge is 2.18. The Hall–Kier alpha value is -1.95. The lowest BCUT2D eigenvalue weighted by molar-refractivity contribution is -0.386. The molecule has 0 aliphatic rings. The Labute approximate surface area is 117 Å². The average Bonchev–Trinajstić information content (AvgIpc) is 2.40. The van der Waals surface area contributed by atoms with Gasteiger partial charge >= 0.3 is 5.69 Å². The van der Waals surface area contributed by atoms with E-state index in [0.717, 1.165) is 17.7 Å². The zero-order valence-corrected chi connectivity index (χ0v) is 11.3. The number of benzene rings is 2. The molecule has 0 N–H and O–H groups in total. The molecule has 19 heavy (non-hydrogen) atoms. The summed E-state index contributed by atoms with van der Waals surface area (Å²) in [5.74, 6) is -0.691. The number of nitro groups is 1. The summed E-state index contributed by atoms with van der Waals surface area (Å²) in [7, 11) is 0. The van der Waals surface area contributed by atoms with E-state index in [1.54, 1.807) is 0 Å². The van der Waals surface area contributed by atoms with E-state index >= 15 is 0 Å². The maximum absolute atomic E-state index is 13.4. The fourth-order valence-corrected chi connectivity index (χ4v) is 1.84. The van der Waals surface area contributed by atoms with Gasteiger partial charge in [0.25, 0.3) is 0 Å². The Bertz CT molecular complexity index is 604. The molecule has 0 aromatic heterocycles. The molecule has 0 atom stereocenters. The molecule has 0 radical (unpaired) electrons. The van der Waals surface area contributed by atoms with Crippen LogP contribution in [0.2, 0.25) is 0 Å². The summed E-state index contributed by atoms with van der Waals surface area (Å²) < 4.78 is 18.8. The van der Waals surface area contributed by atoms with Crippen molar-refractivity contribution >= 4 is 21.6 Å². The molecule has 0 spiro atoms. The Morgan fingerprint density at radius 3 is 2.58 bits per heavy atom. The van der Waals surface area contributed by atoms with Gasteiger partial charge in [-0.1, -0.05) is 30.3 Å². The molecule has 0 bridgehead atoms. The highest BCUT2D eigenvalue weighted by atomic mass is 79.9. The normalized spacial score (nSPS) is 10.2. The molecule has 0 amide bonds. The minimum absolute atomic E-state index is 0.0336. The van der Waals surface area contributed by atoms with Crippen LogP contribution in [-0.4, -0.2) is 4.92 Å². The smallest absolute Gasteiger partial charge is 0.312 e. The summed E-state index contributed by atoms with van der Waals surface area (Å²) in [5.41, 5.74) is 0.573. The fraction of sp³-hybridized carbons (Fsp3) is 0.0769. The van der Waals surface area contributed by atoms with Gasteiger partial charge in [-0.05, 0) is 21.5 Å². The van der Waals surface area contributed by atoms with Gasteiger partial charge in [-0.15, -0.1) is 0 Å². The fourth-order valence-electron chi connectivity index (χ4n) is 1.51. The Balaban J connectivity index is 2.24. The van der Waals surface area contributed by atoms with Crippen LogP contribution >= 0.6 is 15.9 Å². The minimum atomic E-state index is -0.607. The second-order valence-electron chi connectivity index (χ2n) is 3.77. The number of nitro benzene ring substituents is 1. The molecule has 0 saturated carbocycles. The predicted molar refractivity (Wildman–Crippen MR) is 71.5 cm³/mol. The summed E-state index contributed by atoms with van der Waals surface area (Å²) in [6.45, 7) is 0.142. The van der Waals surface area contributed by atoms with E-state index in [4.69, 9.17) is 4.74 Å². The van der Waals surface area contributed by atoms with Crippen LogP contribution < -0.4 is 4.74 Å². The molecule has 6 heteroatoms. The maximum Gasteiger partial charge on any atom is 0.312 e. The van der Waals surface area contributed by atoms with Crippen molar-refractivity contribution in [1.82, 2.24) is 0 Å². The average molecular weight is 326 g/mol. The molecule has 0 aliphatic carbocycles. The third kappa shape index (κ3) is 3.29. The molecule has 0 aliphatic heterocycles. The van der Waals surface area contributed by atoms with E-state index in [1.165, 1.54) is 0 Å². The van der Waals surface area contributed by atoms with Crippen molar-refractivity contribution < 1.29 is 14.1 Å². The quantitative estimate of drug-likeness (QED) is 0.628. The maximum atomic E-state index is 13.4. The number of rotatable bonds is 4. The summed E-state index contributed by atoms with van der Waals surface area (Å²) in [6.07, 6.45) is 0. The van der Waals surface area contributed by atoms with Gasteiger partial charge in [0.1, 0.15) is 12.4 Å². The molecule has 0 saturated heterocycles. The monoisotopic (exact) mass is 325 g/mol. The van der Waals surface area contributed by atoms with Crippen LogP contribution in [0.15, 0.2) is 46.9 Å². The van der Waals surface area contributed by atoms with Gasteiger partial charge < -0.3 is 4.74 Å². The topological polar surface area (TPSA) is 52.4 Å². The second kappa shape index (κ2) is 5.79. The van der Waals surface area contributed by atoms with Gasteiger partial charge in [0, 0.05) is 12.1 Å². The number of halogens is 2. The molecule has 0 unspecified atom stereocenters. The minimum Gasteiger partial charge on any atom is -0.482 e. The Morgan fingerprint density at radius 2 is 1.95 bits per heavy atom. The Kier molecular flexibility index (Phi) is 4.11. The van der Waals surface area contributed by atoms with Crippen molar-refractivity contribution in [1.29, 1.82) is 0 Å². The lowest BCUT2D eigenvalue weighted by atomic mass is 10.2.